The number of aryl methyl sites for hydroxylation is 1. The van der Waals surface area contributed by atoms with Gasteiger partial charge in [-0.15, -0.1) is 0 Å². The topological polar surface area (TPSA) is 63.0 Å². The van der Waals surface area contributed by atoms with E-state index in [0.29, 0.717) is 6.54 Å². The Morgan fingerprint density at radius 2 is 2.04 bits per heavy atom. The fourth-order valence-corrected chi connectivity index (χ4v) is 2.90. The van der Waals surface area contributed by atoms with E-state index < -0.39 is 0 Å². The molecule has 3 aromatic rings. The number of fused-ring (bicyclic) bond motifs is 1. The molecule has 2 heterocycles. The summed E-state index contributed by atoms with van der Waals surface area (Å²) in [6.07, 6.45) is 5.61. The minimum atomic E-state index is -0.330. The molecule has 1 unspecified atom stereocenters. The summed E-state index contributed by atoms with van der Waals surface area (Å²) in [5.74, 6) is 0.919. The molecule has 0 aliphatic carbocycles. The van der Waals surface area contributed by atoms with Gasteiger partial charge in [-0.1, -0.05) is 32.0 Å². The molecule has 3 rings (SSSR count). The Bertz CT molecular complexity index is 825. The van der Waals surface area contributed by atoms with Crippen LogP contribution in [0.2, 0.25) is 0 Å². The number of aliphatic hydroxyl groups is 1. The van der Waals surface area contributed by atoms with Gasteiger partial charge in [0.05, 0.1) is 18.2 Å². The highest BCUT2D eigenvalue weighted by atomic mass is 16.3. The fourth-order valence-electron chi connectivity index (χ4n) is 2.90. The van der Waals surface area contributed by atoms with E-state index in [2.05, 4.69) is 27.4 Å². The first-order chi connectivity index (χ1) is 11.5. The summed E-state index contributed by atoms with van der Waals surface area (Å²) in [5.41, 5.74) is 1.78. The Morgan fingerprint density at radius 3 is 2.75 bits per heavy atom. The highest BCUT2D eigenvalue weighted by Gasteiger charge is 2.32. The Labute approximate surface area is 142 Å². The third-order valence-corrected chi connectivity index (χ3v) is 4.46. The molecule has 24 heavy (non-hydrogen) atoms. The average molecular weight is 324 g/mol. The molecular weight excluding hydrogens is 300 g/mol. The highest BCUT2D eigenvalue weighted by Crippen LogP contribution is 2.32. The van der Waals surface area contributed by atoms with E-state index in [9.17, 15) is 5.11 Å². The van der Waals surface area contributed by atoms with E-state index in [4.69, 9.17) is 0 Å². The molecule has 5 heteroatoms. The van der Waals surface area contributed by atoms with Crippen LogP contribution in [0, 0.1) is 5.41 Å². The van der Waals surface area contributed by atoms with Gasteiger partial charge in [0.1, 0.15) is 5.82 Å². The molecule has 0 saturated heterocycles. The number of pyridine rings is 1. The molecule has 0 aliphatic heterocycles. The van der Waals surface area contributed by atoms with Crippen molar-refractivity contribution in [1.29, 1.82) is 0 Å². The SMILES string of the molecule is Cn1ccnc1C(NCc1cnc2ccccc2c1)C(C)(C)CO. The van der Waals surface area contributed by atoms with E-state index in [1.54, 1.807) is 6.20 Å². The van der Waals surface area contributed by atoms with Crippen LogP contribution in [-0.4, -0.2) is 26.2 Å². The molecule has 0 amide bonds. The molecule has 0 aliphatic rings. The summed E-state index contributed by atoms with van der Waals surface area (Å²) in [7, 11) is 1.97. The first-order valence-corrected chi connectivity index (χ1v) is 8.16. The molecular formula is C19H24N4O. The molecule has 0 fully saturated rings. The second-order valence-electron chi connectivity index (χ2n) is 6.89. The lowest BCUT2D eigenvalue weighted by molar-refractivity contribution is 0.109. The quantitative estimate of drug-likeness (QED) is 0.732. The number of aromatic nitrogens is 3. The van der Waals surface area contributed by atoms with Crippen LogP contribution in [0.1, 0.15) is 31.3 Å². The maximum atomic E-state index is 9.80. The number of rotatable bonds is 6. The predicted octanol–water partition coefficient (Wildman–Crippen LogP) is 2.82. The van der Waals surface area contributed by atoms with E-state index in [1.807, 2.05) is 56.1 Å². The smallest absolute Gasteiger partial charge is 0.126 e. The number of nitrogens with zero attached hydrogens (tertiary/aromatic N) is 3. The summed E-state index contributed by atoms with van der Waals surface area (Å²) in [6.45, 7) is 4.82. The van der Waals surface area contributed by atoms with Crippen molar-refractivity contribution in [2.45, 2.75) is 26.4 Å². The Hall–Kier alpha value is -2.24. The molecule has 1 aromatic carbocycles. The van der Waals surface area contributed by atoms with Gasteiger partial charge in [-0.2, -0.15) is 0 Å². The maximum Gasteiger partial charge on any atom is 0.126 e. The Kier molecular flexibility index (Phi) is 4.64. The Balaban J connectivity index is 1.83. The number of para-hydroxylation sites is 1. The van der Waals surface area contributed by atoms with Crippen molar-refractivity contribution in [3.63, 3.8) is 0 Å². The van der Waals surface area contributed by atoms with Crippen LogP contribution >= 0.6 is 0 Å². The van der Waals surface area contributed by atoms with Gasteiger partial charge in [-0.25, -0.2) is 4.98 Å². The predicted molar refractivity (Wildman–Crippen MR) is 95.4 cm³/mol. The van der Waals surface area contributed by atoms with E-state index in [-0.39, 0.29) is 18.1 Å². The molecule has 0 saturated carbocycles. The molecule has 1 atom stereocenters. The van der Waals surface area contributed by atoms with E-state index in [1.165, 1.54) is 0 Å². The summed E-state index contributed by atoms with van der Waals surface area (Å²) in [6, 6.07) is 10.2. The van der Waals surface area contributed by atoms with E-state index >= 15 is 0 Å². The van der Waals surface area contributed by atoms with Gasteiger partial charge >= 0.3 is 0 Å². The third kappa shape index (κ3) is 3.32. The monoisotopic (exact) mass is 324 g/mol. The first kappa shape index (κ1) is 16.6. The van der Waals surface area contributed by atoms with Gasteiger partial charge in [0.25, 0.3) is 0 Å². The maximum absolute atomic E-state index is 9.80. The minimum Gasteiger partial charge on any atom is -0.396 e. The van der Waals surface area contributed by atoms with Crippen molar-refractivity contribution >= 4 is 10.9 Å². The number of benzene rings is 1. The van der Waals surface area contributed by atoms with Gasteiger partial charge in [0.2, 0.25) is 0 Å². The normalized spacial score (nSPS) is 13.3. The van der Waals surface area contributed by atoms with E-state index in [0.717, 1.165) is 22.3 Å². The molecule has 2 aromatic heterocycles. The lowest BCUT2D eigenvalue weighted by Crippen LogP contribution is -2.38. The van der Waals surface area contributed by atoms with Crippen molar-refractivity contribution in [2.75, 3.05) is 6.61 Å². The van der Waals surface area contributed by atoms with Gasteiger partial charge in [-0.3, -0.25) is 4.98 Å². The van der Waals surface area contributed by atoms with Crippen LogP contribution in [0.25, 0.3) is 10.9 Å². The number of hydrogen-bond acceptors (Lipinski definition) is 4. The zero-order valence-corrected chi connectivity index (χ0v) is 14.4. The Morgan fingerprint density at radius 1 is 1.25 bits per heavy atom. The number of imidazole rings is 1. The molecule has 0 radical (unpaired) electrons. The minimum absolute atomic E-state index is 0.0611. The van der Waals surface area contributed by atoms with Crippen LogP contribution in [-0.2, 0) is 13.6 Å². The zero-order chi connectivity index (χ0) is 17.2. The standard InChI is InChI=1S/C19H24N4O/c1-19(2,13-24)17(18-20-8-9-23(18)3)22-12-14-10-15-6-4-5-7-16(15)21-11-14/h4-11,17,22,24H,12-13H2,1-3H3. The fraction of sp³-hybridized carbons (Fsp3) is 0.368. The lowest BCUT2D eigenvalue weighted by atomic mass is 9.84. The second-order valence-corrected chi connectivity index (χ2v) is 6.89. The summed E-state index contributed by atoms with van der Waals surface area (Å²) < 4.78 is 1.99. The van der Waals surface area contributed by atoms with Crippen molar-refractivity contribution in [2.24, 2.45) is 12.5 Å². The number of nitrogens with one attached hydrogen (secondary N) is 1. The lowest BCUT2D eigenvalue weighted by Gasteiger charge is -2.33. The zero-order valence-electron chi connectivity index (χ0n) is 14.4. The van der Waals surface area contributed by atoms with Gasteiger partial charge < -0.3 is 15.0 Å². The summed E-state index contributed by atoms with van der Waals surface area (Å²) >= 11 is 0. The van der Waals surface area contributed by atoms with Crippen LogP contribution in [0.4, 0.5) is 0 Å². The summed E-state index contributed by atoms with van der Waals surface area (Å²) in [4.78, 5) is 8.98. The molecule has 5 nitrogen and oxygen atoms in total. The second kappa shape index (κ2) is 6.71. The van der Waals surface area contributed by atoms with Crippen molar-refractivity contribution in [1.82, 2.24) is 19.9 Å². The van der Waals surface area contributed by atoms with Crippen LogP contribution < -0.4 is 5.32 Å². The van der Waals surface area contributed by atoms with Crippen LogP contribution in [0.15, 0.2) is 48.9 Å². The van der Waals surface area contributed by atoms with Crippen molar-refractivity contribution < 1.29 is 5.11 Å². The van der Waals surface area contributed by atoms with Gasteiger partial charge in [0.15, 0.2) is 0 Å². The highest BCUT2D eigenvalue weighted by molar-refractivity contribution is 5.78. The number of hydrogen-bond donors (Lipinski definition) is 2. The number of aliphatic hydroxyl groups excluding tert-OH is 1. The molecule has 126 valence electrons. The molecule has 0 spiro atoms. The molecule has 0 bridgehead atoms. The van der Waals surface area contributed by atoms with Crippen molar-refractivity contribution in [3.8, 4) is 0 Å². The van der Waals surface area contributed by atoms with Crippen LogP contribution in [0.5, 0.6) is 0 Å². The van der Waals surface area contributed by atoms with Crippen molar-refractivity contribution in [3.05, 3.63) is 60.3 Å². The van der Waals surface area contributed by atoms with Gasteiger partial charge in [0, 0.05) is 43.0 Å². The largest absolute Gasteiger partial charge is 0.396 e. The first-order valence-electron chi connectivity index (χ1n) is 8.16. The summed E-state index contributed by atoms with van der Waals surface area (Å²) in [5, 5.41) is 14.5. The molecule has 2 N–H and O–H groups in total. The van der Waals surface area contributed by atoms with Gasteiger partial charge in [-0.05, 0) is 17.7 Å². The van der Waals surface area contributed by atoms with Crippen LogP contribution in [0.3, 0.4) is 0 Å². The average Bonchev–Trinajstić information content (AvgIpc) is 3.00. The third-order valence-electron chi connectivity index (χ3n) is 4.46.